The zero-order chi connectivity index (χ0) is 13.4. The zero-order valence-electron chi connectivity index (χ0n) is 11.2. The first-order valence-corrected chi connectivity index (χ1v) is 6.27. The Labute approximate surface area is 125 Å². The first-order valence-electron chi connectivity index (χ1n) is 5.89. The second-order valence-electron chi connectivity index (χ2n) is 3.96. The Kier molecular flexibility index (Phi) is 9.61. The van der Waals surface area contributed by atoms with Crippen molar-refractivity contribution in [3.8, 4) is 0 Å². The summed E-state index contributed by atoms with van der Waals surface area (Å²) in [5.74, 6) is -0.0803. The summed E-state index contributed by atoms with van der Waals surface area (Å²) in [6.07, 6.45) is 0. The monoisotopic (exact) mass is 306 g/mol. The Balaban J connectivity index is 0.00000324. The molecule has 0 spiro atoms. The Morgan fingerprint density at radius 3 is 2.68 bits per heavy atom. The maximum Gasteiger partial charge on any atom is 0.251 e. The lowest BCUT2D eigenvalue weighted by molar-refractivity contribution is 0.0953. The van der Waals surface area contributed by atoms with Crippen LogP contribution in [0.2, 0.25) is 5.02 Å². The zero-order valence-corrected chi connectivity index (χ0v) is 12.7. The summed E-state index contributed by atoms with van der Waals surface area (Å²) in [5.41, 5.74) is 1.54. The second-order valence-corrected chi connectivity index (χ2v) is 4.37. The minimum absolute atomic E-state index is 0. The van der Waals surface area contributed by atoms with Crippen LogP contribution < -0.4 is 10.6 Å². The van der Waals surface area contributed by atoms with Crippen LogP contribution in [0.3, 0.4) is 0 Å². The number of methoxy groups -OCH3 is 1. The smallest absolute Gasteiger partial charge is 0.251 e. The molecule has 19 heavy (non-hydrogen) atoms. The summed E-state index contributed by atoms with van der Waals surface area (Å²) in [6, 6.07) is 5.25. The van der Waals surface area contributed by atoms with Gasteiger partial charge in [-0.2, -0.15) is 0 Å². The van der Waals surface area contributed by atoms with Gasteiger partial charge in [0.15, 0.2) is 0 Å². The van der Waals surface area contributed by atoms with E-state index in [-0.39, 0.29) is 18.3 Å². The van der Waals surface area contributed by atoms with E-state index in [0.717, 1.165) is 18.7 Å². The predicted octanol–water partition coefficient (Wildman–Crippen LogP) is 2.04. The fraction of sp³-hybridized carbons (Fsp3) is 0.462. The van der Waals surface area contributed by atoms with Crippen LogP contribution in [-0.2, 0) is 4.74 Å². The number of ether oxygens (including phenoxy) is 1. The fourth-order valence-electron chi connectivity index (χ4n) is 1.45. The highest BCUT2D eigenvalue weighted by molar-refractivity contribution is 6.31. The number of amides is 1. The first kappa shape index (κ1) is 18.2. The third-order valence-corrected chi connectivity index (χ3v) is 2.91. The standard InChI is InChI=1S/C13H19ClN2O2.ClH/c1-10-9-11(3-4-12(10)14)13(17)16-6-5-15-7-8-18-2;/h3-4,9,15H,5-8H2,1-2H3,(H,16,17);1H. The van der Waals surface area contributed by atoms with E-state index >= 15 is 0 Å². The van der Waals surface area contributed by atoms with Crippen LogP contribution in [0.1, 0.15) is 15.9 Å². The molecule has 0 aliphatic rings. The molecule has 0 radical (unpaired) electrons. The SMILES string of the molecule is COCCNCCNC(=O)c1ccc(Cl)c(C)c1.Cl. The molecule has 0 atom stereocenters. The van der Waals surface area contributed by atoms with Crippen molar-refractivity contribution in [3.05, 3.63) is 34.3 Å². The molecule has 0 heterocycles. The Hall–Kier alpha value is -0.810. The van der Waals surface area contributed by atoms with Crippen molar-refractivity contribution in [3.63, 3.8) is 0 Å². The van der Waals surface area contributed by atoms with Crippen molar-refractivity contribution < 1.29 is 9.53 Å². The largest absolute Gasteiger partial charge is 0.383 e. The van der Waals surface area contributed by atoms with Gasteiger partial charge in [-0.15, -0.1) is 12.4 Å². The number of benzene rings is 1. The number of hydrogen-bond acceptors (Lipinski definition) is 3. The number of aryl methyl sites for hydroxylation is 1. The summed E-state index contributed by atoms with van der Waals surface area (Å²) in [6.45, 7) is 4.65. The summed E-state index contributed by atoms with van der Waals surface area (Å²) in [4.78, 5) is 11.8. The molecule has 0 aliphatic carbocycles. The van der Waals surface area contributed by atoms with E-state index in [4.69, 9.17) is 16.3 Å². The van der Waals surface area contributed by atoms with E-state index in [1.54, 1.807) is 25.3 Å². The molecule has 1 aromatic rings. The molecule has 0 saturated carbocycles. The molecule has 0 unspecified atom stereocenters. The van der Waals surface area contributed by atoms with Crippen LogP contribution in [0.15, 0.2) is 18.2 Å². The molecule has 0 saturated heterocycles. The maximum absolute atomic E-state index is 11.8. The lowest BCUT2D eigenvalue weighted by atomic mass is 10.1. The third kappa shape index (κ3) is 6.78. The van der Waals surface area contributed by atoms with Crippen molar-refractivity contribution in [2.45, 2.75) is 6.92 Å². The van der Waals surface area contributed by atoms with E-state index in [2.05, 4.69) is 10.6 Å². The number of carbonyl (C=O) groups excluding carboxylic acids is 1. The highest BCUT2D eigenvalue weighted by atomic mass is 35.5. The summed E-state index contributed by atoms with van der Waals surface area (Å²) >= 11 is 5.91. The lowest BCUT2D eigenvalue weighted by Gasteiger charge is -2.07. The number of halogens is 2. The van der Waals surface area contributed by atoms with Crippen molar-refractivity contribution in [2.75, 3.05) is 33.4 Å². The van der Waals surface area contributed by atoms with Gasteiger partial charge >= 0.3 is 0 Å². The van der Waals surface area contributed by atoms with E-state index < -0.39 is 0 Å². The molecule has 6 heteroatoms. The fourth-order valence-corrected chi connectivity index (χ4v) is 1.57. The van der Waals surface area contributed by atoms with Crippen molar-refractivity contribution in [2.24, 2.45) is 0 Å². The Morgan fingerprint density at radius 2 is 2.05 bits per heavy atom. The van der Waals surface area contributed by atoms with E-state index in [0.29, 0.717) is 23.7 Å². The molecule has 0 bridgehead atoms. The Morgan fingerprint density at radius 1 is 1.32 bits per heavy atom. The molecule has 1 rings (SSSR count). The van der Waals surface area contributed by atoms with Crippen LogP contribution in [0.4, 0.5) is 0 Å². The van der Waals surface area contributed by atoms with Gasteiger partial charge in [0.2, 0.25) is 0 Å². The number of nitrogens with one attached hydrogen (secondary N) is 2. The van der Waals surface area contributed by atoms with Gasteiger partial charge in [0, 0.05) is 37.3 Å². The summed E-state index contributed by atoms with van der Waals surface area (Å²) in [7, 11) is 1.66. The van der Waals surface area contributed by atoms with Crippen molar-refractivity contribution >= 4 is 29.9 Å². The topological polar surface area (TPSA) is 50.4 Å². The quantitative estimate of drug-likeness (QED) is 0.758. The molecule has 4 nitrogen and oxygen atoms in total. The molecular formula is C13H20Cl2N2O2. The highest BCUT2D eigenvalue weighted by Crippen LogP contribution is 2.15. The van der Waals surface area contributed by atoms with Gasteiger partial charge in [0.05, 0.1) is 6.61 Å². The minimum atomic E-state index is -0.0803. The van der Waals surface area contributed by atoms with Gasteiger partial charge in [0.1, 0.15) is 0 Å². The van der Waals surface area contributed by atoms with Crippen LogP contribution in [0.5, 0.6) is 0 Å². The molecule has 1 aromatic carbocycles. The van der Waals surface area contributed by atoms with Crippen LogP contribution >= 0.6 is 24.0 Å². The van der Waals surface area contributed by atoms with Crippen molar-refractivity contribution in [1.29, 1.82) is 0 Å². The predicted molar refractivity (Wildman–Crippen MR) is 80.5 cm³/mol. The minimum Gasteiger partial charge on any atom is -0.383 e. The Bertz CT molecular complexity index is 400. The summed E-state index contributed by atoms with van der Waals surface area (Å²) in [5, 5.41) is 6.66. The molecule has 0 fully saturated rings. The lowest BCUT2D eigenvalue weighted by Crippen LogP contribution is -2.33. The average molecular weight is 307 g/mol. The molecule has 1 amide bonds. The average Bonchev–Trinajstić information content (AvgIpc) is 2.36. The molecule has 2 N–H and O–H groups in total. The van der Waals surface area contributed by atoms with Gasteiger partial charge < -0.3 is 15.4 Å². The van der Waals surface area contributed by atoms with Gasteiger partial charge in [-0.3, -0.25) is 4.79 Å². The molecule has 0 aliphatic heterocycles. The maximum atomic E-state index is 11.8. The number of carbonyl (C=O) groups is 1. The van der Waals surface area contributed by atoms with Gasteiger partial charge in [-0.1, -0.05) is 11.6 Å². The highest BCUT2D eigenvalue weighted by Gasteiger charge is 2.05. The van der Waals surface area contributed by atoms with Gasteiger partial charge in [-0.05, 0) is 30.7 Å². The first-order chi connectivity index (χ1) is 8.65. The van der Waals surface area contributed by atoms with E-state index in [9.17, 15) is 4.79 Å². The number of rotatable bonds is 7. The third-order valence-electron chi connectivity index (χ3n) is 2.49. The van der Waals surface area contributed by atoms with Crippen LogP contribution in [-0.4, -0.2) is 39.3 Å². The van der Waals surface area contributed by atoms with Crippen molar-refractivity contribution in [1.82, 2.24) is 10.6 Å². The van der Waals surface area contributed by atoms with E-state index in [1.165, 1.54) is 0 Å². The molecular weight excluding hydrogens is 287 g/mol. The summed E-state index contributed by atoms with van der Waals surface area (Å²) < 4.78 is 4.90. The van der Waals surface area contributed by atoms with Crippen LogP contribution in [0.25, 0.3) is 0 Å². The van der Waals surface area contributed by atoms with Crippen LogP contribution in [0, 0.1) is 6.92 Å². The van der Waals surface area contributed by atoms with E-state index in [1.807, 2.05) is 6.92 Å². The van der Waals surface area contributed by atoms with Gasteiger partial charge in [-0.25, -0.2) is 0 Å². The molecule has 108 valence electrons. The molecule has 0 aromatic heterocycles. The second kappa shape index (κ2) is 10.0. The normalized spacial score (nSPS) is 9.84. The number of hydrogen-bond donors (Lipinski definition) is 2. The van der Waals surface area contributed by atoms with Gasteiger partial charge in [0.25, 0.3) is 5.91 Å².